The monoisotopic (exact) mass is 154 g/mol. The quantitative estimate of drug-likeness (QED) is 0.434. The van der Waals surface area contributed by atoms with Gasteiger partial charge in [0.05, 0.1) is 18.8 Å². The molecule has 0 aromatic carbocycles. The van der Waals surface area contributed by atoms with Crippen molar-refractivity contribution >= 4 is 12.1 Å². The van der Waals surface area contributed by atoms with Crippen LogP contribution in [0.25, 0.3) is 0 Å². The first-order chi connectivity index (χ1) is 5.27. The van der Waals surface area contributed by atoms with E-state index >= 15 is 0 Å². The summed E-state index contributed by atoms with van der Waals surface area (Å²) in [7, 11) is 1.53. The SMILES string of the molecule is COC1=CC(=O)C(C=O)CC1. The maximum atomic E-state index is 11.0. The number of aldehydes is 1. The number of hydrogen-bond donors (Lipinski definition) is 0. The van der Waals surface area contributed by atoms with Crippen LogP contribution in [0.2, 0.25) is 0 Å². The first-order valence-electron chi connectivity index (χ1n) is 3.51. The first-order valence-corrected chi connectivity index (χ1v) is 3.51. The van der Waals surface area contributed by atoms with E-state index in [2.05, 4.69) is 0 Å². The number of hydrogen-bond acceptors (Lipinski definition) is 3. The minimum absolute atomic E-state index is 0.136. The molecule has 1 unspecified atom stereocenters. The molecule has 0 spiro atoms. The Labute approximate surface area is 65.0 Å². The number of allylic oxidation sites excluding steroid dienone is 2. The van der Waals surface area contributed by atoms with Gasteiger partial charge in [0.2, 0.25) is 0 Å². The van der Waals surface area contributed by atoms with Crippen LogP contribution < -0.4 is 0 Å². The maximum absolute atomic E-state index is 11.0. The Kier molecular flexibility index (Phi) is 2.41. The van der Waals surface area contributed by atoms with Gasteiger partial charge in [-0.2, -0.15) is 0 Å². The predicted molar refractivity (Wildman–Crippen MR) is 38.9 cm³/mol. The summed E-state index contributed by atoms with van der Waals surface area (Å²) in [5.74, 6) is 0.102. The fraction of sp³-hybridized carbons (Fsp3) is 0.500. The third-order valence-electron chi connectivity index (χ3n) is 1.80. The van der Waals surface area contributed by atoms with E-state index in [-0.39, 0.29) is 5.78 Å². The smallest absolute Gasteiger partial charge is 0.169 e. The van der Waals surface area contributed by atoms with E-state index < -0.39 is 5.92 Å². The fourth-order valence-corrected chi connectivity index (χ4v) is 1.07. The van der Waals surface area contributed by atoms with Gasteiger partial charge < -0.3 is 9.53 Å². The largest absolute Gasteiger partial charge is 0.501 e. The average Bonchev–Trinajstić information content (AvgIpc) is 2.04. The van der Waals surface area contributed by atoms with Crippen molar-refractivity contribution in [2.75, 3.05) is 7.11 Å². The van der Waals surface area contributed by atoms with Crippen LogP contribution in [0, 0.1) is 5.92 Å². The van der Waals surface area contributed by atoms with E-state index in [9.17, 15) is 9.59 Å². The molecule has 0 aromatic rings. The predicted octanol–water partition coefficient (Wildman–Crippen LogP) is 0.695. The lowest BCUT2D eigenvalue weighted by Crippen LogP contribution is -2.18. The van der Waals surface area contributed by atoms with E-state index in [4.69, 9.17) is 4.74 Å². The highest BCUT2D eigenvalue weighted by atomic mass is 16.5. The lowest BCUT2D eigenvalue weighted by molar-refractivity contribution is -0.124. The molecule has 0 heterocycles. The molecule has 1 atom stereocenters. The molecule has 1 aliphatic rings. The van der Waals surface area contributed by atoms with Gasteiger partial charge in [-0.05, 0) is 6.42 Å². The van der Waals surface area contributed by atoms with Crippen LogP contribution in [0.15, 0.2) is 11.8 Å². The summed E-state index contributed by atoms with van der Waals surface area (Å²) in [4.78, 5) is 21.3. The standard InChI is InChI=1S/C8H10O3/c1-11-7-3-2-6(5-9)8(10)4-7/h4-6H,2-3H2,1H3. The van der Waals surface area contributed by atoms with Crippen LogP contribution >= 0.6 is 0 Å². The fourth-order valence-electron chi connectivity index (χ4n) is 1.07. The van der Waals surface area contributed by atoms with Gasteiger partial charge in [-0.15, -0.1) is 0 Å². The molecule has 3 nitrogen and oxygen atoms in total. The number of ketones is 1. The van der Waals surface area contributed by atoms with Gasteiger partial charge in [0.15, 0.2) is 5.78 Å². The van der Waals surface area contributed by atoms with E-state index in [1.54, 1.807) is 0 Å². The van der Waals surface area contributed by atoms with Crippen molar-refractivity contribution < 1.29 is 14.3 Å². The summed E-state index contributed by atoms with van der Waals surface area (Å²) in [5, 5.41) is 0. The minimum atomic E-state index is -0.436. The second-order valence-corrected chi connectivity index (χ2v) is 2.50. The molecular weight excluding hydrogens is 144 g/mol. The molecule has 0 saturated carbocycles. The van der Waals surface area contributed by atoms with E-state index in [1.807, 2.05) is 0 Å². The molecule has 3 heteroatoms. The van der Waals surface area contributed by atoms with Crippen LogP contribution in [-0.4, -0.2) is 19.2 Å². The van der Waals surface area contributed by atoms with Crippen molar-refractivity contribution in [3.8, 4) is 0 Å². The Morgan fingerprint density at radius 3 is 2.91 bits per heavy atom. The Morgan fingerprint density at radius 2 is 2.45 bits per heavy atom. The number of rotatable bonds is 2. The summed E-state index contributed by atoms with van der Waals surface area (Å²) >= 11 is 0. The van der Waals surface area contributed by atoms with Gasteiger partial charge in [-0.3, -0.25) is 4.79 Å². The molecule has 0 aromatic heterocycles. The van der Waals surface area contributed by atoms with Gasteiger partial charge in [0.1, 0.15) is 6.29 Å². The van der Waals surface area contributed by atoms with Crippen molar-refractivity contribution in [3.05, 3.63) is 11.8 Å². The molecule has 1 aliphatic carbocycles. The molecule has 11 heavy (non-hydrogen) atoms. The molecule has 0 aliphatic heterocycles. The van der Waals surface area contributed by atoms with Gasteiger partial charge in [0, 0.05) is 12.5 Å². The highest BCUT2D eigenvalue weighted by Crippen LogP contribution is 2.19. The molecular formula is C8H10O3. The molecule has 0 N–H and O–H groups in total. The molecule has 1 rings (SSSR count). The highest BCUT2D eigenvalue weighted by molar-refractivity contribution is 6.01. The normalized spacial score (nSPS) is 24.3. The zero-order valence-electron chi connectivity index (χ0n) is 6.37. The second kappa shape index (κ2) is 3.32. The number of methoxy groups -OCH3 is 1. The van der Waals surface area contributed by atoms with Crippen LogP contribution in [0.4, 0.5) is 0 Å². The number of carbonyl (C=O) groups excluding carboxylic acids is 2. The van der Waals surface area contributed by atoms with Crippen LogP contribution in [0.3, 0.4) is 0 Å². The first kappa shape index (κ1) is 7.98. The van der Waals surface area contributed by atoms with Gasteiger partial charge >= 0.3 is 0 Å². The van der Waals surface area contributed by atoms with Crippen molar-refractivity contribution in [2.45, 2.75) is 12.8 Å². The van der Waals surface area contributed by atoms with Gasteiger partial charge in [-0.25, -0.2) is 0 Å². The highest BCUT2D eigenvalue weighted by Gasteiger charge is 2.21. The third kappa shape index (κ3) is 1.67. The third-order valence-corrected chi connectivity index (χ3v) is 1.80. The van der Waals surface area contributed by atoms with E-state index in [0.29, 0.717) is 24.9 Å². The minimum Gasteiger partial charge on any atom is -0.501 e. The lowest BCUT2D eigenvalue weighted by Gasteiger charge is -2.14. The van der Waals surface area contributed by atoms with Crippen LogP contribution in [0.5, 0.6) is 0 Å². The summed E-state index contributed by atoms with van der Waals surface area (Å²) < 4.78 is 4.88. The van der Waals surface area contributed by atoms with Crippen molar-refractivity contribution in [1.29, 1.82) is 0 Å². The van der Waals surface area contributed by atoms with Gasteiger partial charge in [0.25, 0.3) is 0 Å². The summed E-state index contributed by atoms with van der Waals surface area (Å²) in [6.45, 7) is 0. The lowest BCUT2D eigenvalue weighted by atomic mass is 9.93. The average molecular weight is 154 g/mol. The second-order valence-electron chi connectivity index (χ2n) is 2.50. The molecule has 0 amide bonds. The van der Waals surface area contributed by atoms with Gasteiger partial charge in [-0.1, -0.05) is 0 Å². The molecule has 60 valence electrons. The molecule has 0 fully saturated rings. The Balaban J connectivity index is 2.69. The van der Waals surface area contributed by atoms with Crippen molar-refractivity contribution in [3.63, 3.8) is 0 Å². The topological polar surface area (TPSA) is 43.4 Å². The number of carbonyl (C=O) groups is 2. The zero-order valence-corrected chi connectivity index (χ0v) is 6.37. The van der Waals surface area contributed by atoms with E-state index in [1.165, 1.54) is 13.2 Å². The maximum Gasteiger partial charge on any atom is 0.169 e. The zero-order chi connectivity index (χ0) is 8.27. The summed E-state index contributed by atoms with van der Waals surface area (Å²) in [6.07, 6.45) is 3.38. The Bertz CT molecular complexity index is 205. The van der Waals surface area contributed by atoms with Crippen LogP contribution in [-0.2, 0) is 14.3 Å². The Morgan fingerprint density at radius 1 is 1.73 bits per heavy atom. The van der Waals surface area contributed by atoms with Crippen molar-refractivity contribution in [1.82, 2.24) is 0 Å². The van der Waals surface area contributed by atoms with E-state index in [0.717, 1.165) is 0 Å². The summed E-state index contributed by atoms with van der Waals surface area (Å²) in [5.41, 5.74) is 0. The van der Waals surface area contributed by atoms with Crippen LogP contribution in [0.1, 0.15) is 12.8 Å². The summed E-state index contributed by atoms with van der Waals surface area (Å²) in [6, 6.07) is 0. The molecule has 0 radical (unpaired) electrons. The van der Waals surface area contributed by atoms with Crippen molar-refractivity contribution in [2.24, 2.45) is 5.92 Å². The molecule has 0 saturated heterocycles. The number of ether oxygens (including phenoxy) is 1. The Hall–Kier alpha value is -1.12. The molecule has 0 bridgehead atoms.